The Kier molecular flexibility index (Phi) is 27.9. The van der Waals surface area contributed by atoms with Crippen molar-refractivity contribution in [3.05, 3.63) is 165 Å². The second-order valence-electron chi connectivity index (χ2n) is 25.5. The zero-order chi connectivity index (χ0) is 70.6. The Morgan fingerprint density at radius 2 is 1.07 bits per heavy atom. The summed E-state index contributed by atoms with van der Waals surface area (Å²) < 4.78 is 15.1. The van der Waals surface area contributed by atoms with E-state index in [4.69, 9.17) is 55.8 Å². The van der Waals surface area contributed by atoms with Gasteiger partial charge in [0.15, 0.2) is 17.2 Å². The van der Waals surface area contributed by atoms with Crippen LogP contribution in [0.25, 0.3) is 20.6 Å². The molecule has 0 aliphatic heterocycles. The number of rotatable bonds is 15. The van der Waals surface area contributed by atoms with Crippen molar-refractivity contribution in [1.29, 1.82) is 10.5 Å². The van der Waals surface area contributed by atoms with E-state index < -0.39 is 55.3 Å². The molecule has 0 spiro atoms. The zero-order valence-electron chi connectivity index (χ0n) is 53.9. The maximum Gasteiger partial charge on any atom is 0.321 e. The highest BCUT2D eigenvalue weighted by atomic mass is 35.5. The van der Waals surface area contributed by atoms with E-state index in [2.05, 4.69) is 20.7 Å². The van der Waals surface area contributed by atoms with Gasteiger partial charge in [-0.1, -0.05) is 48.0 Å². The predicted molar refractivity (Wildman–Crippen MR) is 348 cm³/mol. The van der Waals surface area contributed by atoms with Crippen LogP contribution in [0, 0.1) is 89.8 Å². The van der Waals surface area contributed by atoms with Gasteiger partial charge >= 0.3 is 17.9 Å². The molecule has 0 bridgehead atoms. The van der Waals surface area contributed by atoms with Gasteiger partial charge in [-0.3, -0.25) is 63.9 Å². The normalized spacial score (nSPS) is 14.5. The Morgan fingerprint density at radius 1 is 0.617 bits per heavy atom. The summed E-state index contributed by atoms with van der Waals surface area (Å²) in [5, 5.41) is 51.1. The number of ether oxygens (including phenoxy) is 3. The molecule has 5 aliphatic carbocycles. The van der Waals surface area contributed by atoms with Crippen molar-refractivity contribution in [3.8, 4) is 12.1 Å². The first-order chi connectivity index (χ1) is 43.9. The summed E-state index contributed by atoms with van der Waals surface area (Å²) in [4.78, 5) is 120. The molecule has 5 saturated carbocycles. The monoisotopic (exact) mass is 1330 g/mol. The fraction of sp³-hybridized carbons (Fsp3) is 0.456. The quantitative estimate of drug-likeness (QED) is 0.0193. The van der Waals surface area contributed by atoms with Gasteiger partial charge in [0.2, 0.25) is 5.24 Å². The van der Waals surface area contributed by atoms with E-state index in [0.29, 0.717) is 12.8 Å². The number of nitrogens with one attached hydrogen (secondary N) is 1. The largest absolute Gasteiger partial charge is 0.460 e. The van der Waals surface area contributed by atoms with Crippen LogP contribution in [0.1, 0.15) is 180 Å². The number of aromatic amines is 1. The number of fused-ring (bicyclic) bond motifs is 1. The molecule has 5 aromatic rings. The third-order valence-corrected chi connectivity index (χ3v) is 14.3. The molecule has 496 valence electrons. The van der Waals surface area contributed by atoms with Gasteiger partial charge < -0.3 is 19.2 Å². The van der Waals surface area contributed by atoms with Gasteiger partial charge in [0.1, 0.15) is 51.8 Å². The number of nitro groups is 3. The maximum absolute atomic E-state index is 12.6. The van der Waals surface area contributed by atoms with E-state index in [-0.39, 0.29) is 109 Å². The van der Waals surface area contributed by atoms with Crippen molar-refractivity contribution < 1.29 is 62.5 Å². The van der Waals surface area contributed by atoms with Gasteiger partial charge in [-0.05, 0) is 168 Å². The van der Waals surface area contributed by atoms with Crippen LogP contribution >= 0.6 is 23.2 Å². The number of halogens is 2. The first-order valence-corrected chi connectivity index (χ1v) is 30.8. The second kappa shape index (κ2) is 34.2. The molecule has 4 aromatic carbocycles. The molecule has 1 unspecified atom stereocenters. The minimum absolute atomic E-state index is 0.000463. The molecule has 0 amide bonds. The summed E-state index contributed by atoms with van der Waals surface area (Å²) in [6.45, 7) is 31.3. The lowest BCUT2D eigenvalue weighted by atomic mass is 9.87. The SMILES string of the molecule is CC(=O)OC(C)(C)C.CC(C)(C)OC(=O)C(C(=O)C1CC1)c1c(C#N)cccc1[N+](=O)[O-].CC(C)(C)OC(=O)CC(=O)C1CC1.N#Cc1cccc([N+](=O)[O-])c1Cl.O=C(Cl)C1CC1.[C-]#[N+]c1cccc([N+](=O)[O-])c1CC(=O)C1CC1.[C-]#[N+]c1cccc2[nH]c(C3CC3)cc12. The number of nitriles is 2. The molecule has 0 saturated heterocycles. The zero-order valence-corrected chi connectivity index (χ0v) is 55.4. The summed E-state index contributed by atoms with van der Waals surface area (Å²) >= 11 is 10.6. The van der Waals surface area contributed by atoms with Gasteiger partial charge in [-0.2, -0.15) is 10.5 Å². The minimum atomic E-state index is -1.45. The van der Waals surface area contributed by atoms with Crippen LogP contribution in [0.4, 0.5) is 28.4 Å². The lowest BCUT2D eigenvalue weighted by Gasteiger charge is -2.24. The van der Waals surface area contributed by atoms with Crippen LogP contribution in [-0.2, 0) is 54.2 Å². The number of ketones is 3. The van der Waals surface area contributed by atoms with Crippen molar-refractivity contribution in [2.24, 2.45) is 23.7 Å². The van der Waals surface area contributed by atoms with E-state index in [9.17, 15) is 69.2 Å². The maximum atomic E-state index is 12.6. The highest BCUT2D eigenvalue weighted by Gasteiger charge is 2.45. The molecule has 1 atom stereocenters. The molecule has 1 N–H and O–H groups in total. The molecular weight excluding hydrogens is 1260 g/mol. The predicted octanol–water partition coefficient (Wildman–Crippen LogP) is 15.5. The van der Waals surface area contributed by atoms with E-state index in [1.165, 1.54) is 80.1 Å². The number of Topliss-reactive ketones (excluding diaryl/α,β-unsaturated/α-hetero) is 3. The Labute approximate surface area is 554 Å². The first-order valence-electron chi connectivity index (χ1n) is 30.0. The summed E-state index contributed by atoms with van der Waals surface area (Å²) in [6, 6.07) is 23.9. The summed E-state index contributed by atoms with van der Waals surface area (Å²) in [5.41, 5.74) is 1.04. The van der Waals surface area contributed by atoms with Crippen LogP contribution in [0.2, 0.25) is 5.02 Å². The standard InChI is InChI=1S/C17H18N2O5.C12H10N2O3.C12H10N2.C10H16O3.C7H3ClN2O2.C6H12O2.C4H5ClO/c1-17(2,3)24-16(21)14(15(20)10-7-8-10)13-11(9-18)5-4-6-12(13)19(22)23;1-13-10-3-2-4-11(14(16)17)9(10)7-12(15)8-5-6-8;1-13-10-3-2-4-11-9(10)7-12(14-11)8-5-6-8;1-10(2,3)13-9(12)6-8(11)7-4-5-7;8-7-5(4-9)2-1-3-6(7)10(11)12;1-5(7)8-6(2,3)4;5-4(6)3-1-2-3/h4-6,10,14H,7-8H2,1-3H3;2-4,8H,5-7H2;2-4,7-8,14H,5-6H2;7H,4-6H2,1-3H3;1-3H;1-4H3;3H,1-2H2. The molecule has 26 heteroatoms. The Balaban J connectivity index is 0.000000242. The molecule has 5 aliphatic rings. The third kappa shape index (κ3) is 26.1. The van der Waals surface area contributed by atoms with Crippen LogP contribution in [-0.4, -0.2) is 77.1 Å². The lowest BCUT2D eigenvalue weighted by Crippen LogP contribution is -2.33. The molecule has 0 radical (unpaired) electrons. The lowest BCUT2D eigenvalue weighted by molar-refractivity contribution is -0.385. The topological polar surface area (TPSA) is 349 Å². The molecule has 5 fully saturated rings. The van der Waals surface area contributed by atoms with E-state index in [1.807, 2.05) is 45.0 Å². The smallest absolute Gasteiger partial charge is 0.321 e. The fourth-order valence-corrected chi connectivity index (χ4v) is 9.08. The van der Waals surface area contributed by atoms with Crippen molar-refractivity contribution >= 4 is 103 Å². The molecule has 1 aromatic heterocycles. The van der Waals surface area contributed by atoms with Crippen molar-refractivity contribution in [1.82, 2.24) is 4.98 Å². The van der Waals surface area contributed by atoms with E-state index >= 15 is 0 Å². The third-order valence-electron chi connectivity index (χ3n) is 13.6. The minimum Gasteiger partial charge on any atom is -0.460 e. The number of hydrogen-bond acceptors (Lipinski definition) is 18. The number of aromatic nitrogens is 1. The Hall–Kier alpha value is -9.75. The average molecular weight is 1330 g/mol. The molecule has 10 rings (SSSR count). The van der Waals surface area contributed by atoms with Gasteiger partial charge in [0.05, 0.1) is 50.7 Å². The Bertz CT molecular complexity index is 3850. The molecular formula is C68H74Cl2N8O16. The molecule has 24 nitrogen and oxygen atoms in total. The van der Waals surface area contributed by atoms with Crippen molar-refractivity contribution in [2.75, 3.05) is 0 Å². The number of hydrogen-bond donors (Lipinski definition) is 1. The Morgan fingerprint density at radius 3 is 1.50 bits per heavy atom. The second-order valence-corrected chi connectivity index (χ2v) is 26.2. The molecule has 94 heavy (non-hydrogen) atoms. The highest BCUT2D eigenvalue weighted by Crippen LogP contribution is 2.43. The van der Waals surface area contributed by atoms with Crippen LogP contribution in [0.15, 0.2) is 78.9 Å². The van der Waals surface area contributed by atoms with E-state index in [0.717, 1.165) is 61.0 Å². The van der Waals surface area contributed by atoms with Crippen LogP contribution in [0.3, 0.4) is 0 Å². The number of carbonyl (C=O) groups is 7. The summed E-state index contributed by atoms with van der Waals surface area (Å²) in [6.07, 6.45) is 9.47. The van der Waals surface area contributed by atoms with Crippen molar-refractivity contribution in [3.63, 3.8) is 0 Å². The number of esters is 3. The van der Waals surface area contributed by atoms with Crippen LogP contribution in [0.5, 0.6) is 0 Å². The first kappa shape index (κ1) is 76.7. The number of nitro benzene ring substituents is 3. The highest BCUT2D eigenvalue weighted by molar-refractivity contribution is 6.64. The summed E-state index contributed by atoms with van der Waals surface area (Å²) in [5.74, 6) is -2.48. The van der Waals surface area contributed by atoms with Gasteiger partial charge in [0.25, 0.3) is 17.1 Å². The van der Waals surface area contributed by atoms with E-state index in [1.54, 1.807) is 47.6 Å². The van der Waals surface area contributed by atoms with Gasteiger partial charge in [-0.25, -0.2) is 9.69 Å². The molecule has 1 heterocycles. The summed E-state index contributed by atoms with van der Waals surface area (Å²) in [7, 11) is 0. The van der Waals surface area contributed by atoms with Crippen LogP contribution < -0.4 is 0 Å². The van der Waals surface area contributed by atoms with Crippen molar-refractivity contribution in [2.45, 2.75) is 175 Å². The van der Waals surface area contributed by atoms with Gasteiger partial charge in [0, 0.05) is 77.4 Å². The number of carbonyl (C=O) groups excluding carboxylic acids is 7. The number of benzene rings is 4. The van der Waals surface area contributed by atoms with Gasteiger partial charge in [-0.15, -0.1) is 0 Å². The fourth-order valence-electron chi connectivity index (χ4n) is 8.63. The number of nitrogens with zero attached hydrogens (tertiary/aromatic N) is 7. The number of H-pyrrole nitrogens is 1. The average Bonchev–Trinajstić information content (AvgIpc) is 1.54.